The molecule has 4 heterocycles. The molecule has 30 heavy (non-hydrogen) atoms. The number of aliphatic hydroxyl groups excluding tert-OH is 1. The van der Waals surface area contributed by atoms with Gasteiger partial charge in [-0.3, -0.25) is 14.5 Å². The van der Waals surface area contributed by atoms with Crippen molar-refractivity contribution >= 4 is 29.1 Å². The molecular weight excluding hydrogens is 404 g/mol. The van der Waals surface area contributed by atoms with Gasteiger partial charge in [0.15, 0.2) is 11.5 Å². The van der Waals surface area contributed by atoms with E-state index in [-0.39, 0.29) is 5.57 Å². The Labute approximate surface area is 178 Å². The van der Waals surface area contributed by atoms with Gasteiger partial charge in [-0.15, -0.1) is 11.3 Å². The highest BCUT2D eigenvalue weighted by Gasteiger charge is 2.43. The van der Waals surface area contributed by atoms with Crippen LogP contribution in [0, 0.1) is 0 Å². The Hall–Kier alpha value is -2.68. The number of nitrogens with zero attached hydrogens (tertiary/aromatic N) is 2. The monoisotopic (exact) mass is 428 g/mol. The van der Waals surface area contributed by atoms with Crippen molar-refractivity contribution < 1.29 is 23.8 Å². The number of rotatable bonds is 8. The van der Waals surface area contributed by atoms with E-state index in [1.54, 1.807) is 23.1 Å². The molecule has 0 saturated carbocycles. The van der Waals surface area contributed by atoms with Gasteiger partial charge in [-0.25, -0.2) is 0 Å². The van der Waals surface area contributed by atoms with Crippen LogP contribution in [0.4, 0.5) is 0 Å². The molecule has 1 N–H and O–H groups in total. The molecule has 1 saturated heterocycles. The van der Waals surface area contributed by atoms with E-state index in [0.717, 1.165) is 44.1 Å². The van der Waals surface area contributed by atoms with E-state index in [1.165, 1.54) is 23.7 Å². The number of carbonyl (C=O) groups excluding carboxylic acids is 2. The molecule has 4 rings (SSSR count). The van der Waals surface area contributed by atoms with Crippen LogP contribution in [0.2, 0.25) is 0 Å². The average Bonchev–Trinajstić information content (AvgIpc) is 3.51. The molecule has 0 bridgehead atoms. The minimum Gasteiger partial charge on any atom is -0.503 e. The largest absolute Gasteiger partial charge is 0.503 e. The van der Waals surface area contributed by atoms with Crippen LogP contribution in [-0.4, -0.2) is 66.0 Å². The summed E-state index contributed by atoms with van der Waals surface area (Å²) >= 11 is 1.47. The Balaban J connectivity index is 1.51. The van der Waals surface area contributed by atoms with E-state index < -0.39 is 23.5 Å². The molecular formula is C22H24N2O5S. The van der Waals surface area contributed by atoms with Crippen LogP contribution in [0.15, 0.2) is 57.7 Å². The third kappa shape index (κ3) is 4.40. The van der Waals surface area contributed by atoms with Crippen LogP contribution in [-0.2, 0) is 14.3 Å². The minimum absolute atomic E-state index is 0.122. The van der Waals surface area contributed by atoms with Gasteiger partial charge in [-0.2, -0.15) is 0 Å². The lowest BCUT2D eigenvalue weighted by atomic mass is 10.0. The number of allylic oxidation sites excluding steroid dienone is 1. The lowest BCUT2D eigenvalue weighted by Crippen LogP contribution is -2.39. The highest BCUT2D eigenvalue weighted by molar-refractivity contribution is 7.10. The summed E-state index contributed by atoms with van der Waals surface area (Å²) < 4.78 is 10.6. The molecule has 0 aromatic carbocycles. The molecule has 2 aliphatic heterocycles. The van der Waals surface area contributed by atoms with Crippen LogP contribution in [0.3, 0.4) is 0 Å². The average molecular weight is 429 g/mol. The lowest BCUT2D eigenvalue weighted by molar-refractivity contribution is -0.129. The van der Waals surface area contributed by atoms with Crippen LogP contribution >= 0.6 is 11.3 Å². The molecule has 2 aromatic rings. The number of amides is 1. The second-order valence-corrected chi connectivity index (χ2v) is 8.18. The Bertz CT molecular complexity index is 927. The van der Waals surface area contributed by atoms with Gasteiger partial charge in [0.2, 0.25) is 0 Å². The molecule has 7 nitrogen and oxygen atoms in total. The van der Waals surface area contributed by atoms with Crippen LogP contribution < -0.4 is 0 Å². The second-order valence-electron chi connectivity index (χ2n) is 7.20. The van der Waals surface area contributed by atoms with Gasteiger partial charge in [0, 0.05) is 31.1 Å². The standard InChI is InChI=1S/C22H24N2O5S/c25-17(7-6-16-4-1-12-29-16)19-20(18-5-2-15-30-18)24(22(27)21(19)26)9-3-8-23-10-13-28-14-11-23/h1-2,4-7,12,15,20,26H,3,8-11,13-14H2. The lowest BCUT2D eigenvalue weighted by Gasteiger charge is -2.29. The van der Waals surface area contributed by atoms with E-state index in [0.29, 0.717) is 12.3 Å². The first kappa shape index (κ1) is 20.6. The summed E-state index contributed by atoms with van der Waals surface area (Å²) in [6.45, 7) is 4.52. The molecule has 2 aromatic heterocycles. The van der Waals surface area contributed by atoms with Crippen molar-refractivity contribution in [1.82, 2.24) is 9.80 Å². The highest BCUT2D eigenvalue weighted by atomic mass is 32.1. The number of morpholine rings is 1. The first-order chi connectivity index (χ1) is 14.6. The quantitative estimate of drug-likeness (QED) is 0.651. The smallest absolute Gasteiger partial charge is 0.290 e. The zero-order chi connectivity index (χ0) is 20.9. The zero-order valence-electron chi connectivity index (χ0n) is 16.5. The van der Waals surface area contributed by atoms with E-state index in [9.17, 15) is 14.7 Å². The van der Waals surface area contributed by atoms with Crippen molar-refractivity contribution in [2.45, 2.75) is 12.5 Å². The molecule has 1 unspecified atom stereocenters. The summed E-state index contributed by atoms with van der Waals surface area (Å²) in [6, 6.07) is 6.65. The van der Waals surface area contributed by atoms with Crippen molar-refractivity contribution in [2.75, 3.05) is 39.4 Å². The summed E-state index contributed by atoms with van der Waals surface area (Å²) in [5, 5.41) is 12.5. The fourth-order valence-corrected chi connectivity index (χ4v) is 4.65. The predicted octanol–water partition coefficient (Wildman–Crippen LogP) is 3.04. The van der Waals surface area contributed by atoms with Crippen molar-refractivity contribution in [3.63, 3.8) is 0 Å². The molecule has 1 fully saturated rings. The van der Waals surface area contributed by atoms with E-state index in [2.05, 4.69) is 4.90 Å². The first-order valence-electron chi connectivity index (χ1n) is 9.98. The number of aliphatic hydroxyl groups is 1. The van der Waals surface area contributed by atoms with E-state index in [1.807, 2.05) is 17.5 Å². The van der Waals surface area contributed by atoms with Crippen LogP contribution in [0.25, 0.3) is 6.08 Å². The van der Waals surface area contributed by atoms with Crippen LogP contribution in [0.1, 0.15) is 23.1 Å². The minimum atomic E-state index is -0.573. The topological polar surface area (TPSA) is 83.2 Å². The normalized spacial score (nSPS) is 20.6. The summed E-state index contributed by atoms with van der Waals surface area (Å²) in [5.41, 5.74) is 0.122. The Morgan fingerprint density at radius 3 is 2.77 bits per heavy atom. The summed E-state index contributed by atoms with van der Waals surface area (Å²) in [7, 11) is 0. The fourth-order valence-electron chi connectivity index (χ4n) is 3.80. The van der Waals surface area contributed by atoms with E-state index >= 15 is 0 Å². The van der Waals surface area contributed by atoms with Gasteiger partial charge in [-0.1, -0.05) is 6.07 Å². The Kier molecular flexibility index (Phi) is 6.47. The summed E-state index contributed by atoms with van der Waals surface area (Å²) in [4.78, 5) is 30.5. The maximum absolute atomic E-state index is 12.9. The van der Waals surface area contributed by atoms with Gasteiger partial charge in [0.05, 0.1) is 31.1 Å². The molecule has 1 atom stereocenters. The molecule has 0 aliphatic carbocycles. The van der Waals surface area contributed by atoms with Gasteiger partial charge in [0.25, 0.3) is 5.91 Å². The number of hydrogen-bond donors (Lipinski definition) is 1. The van der Waals surface area contributed by atoms with Crippen molar-refractivity contribution in [1.29, 1.82) is 0 Å². The Morgan fingerprint density at radius 1 is 1.23 bits per heavy atom. The van der Waals surface area contributed by atoms with Crippen LogP contribution in [0.5, 0.6) is 0 Å². The SMILES string of the molecule is O=C(C=Cc1ccco1)C1=C(O)C(=O)N(CCCN2CCOCC2)C1c1cccs1. The van der Waals surface area contributed by atoms with Crippen molar-refractivity contribution in [3.8, 4) is 0 Å². The molecule has 8 heteroatoms. The van der Waals surface area contributed by atoms with E-state index in [4.69, 9.17) is 9.15 Å². The maximum Gasteiger partial charge on any atom is 0.290 e. The van der Waals surface area contributed by atoms with Crippen molar-refractivity contribution in [2.24, 2.45) is 0 Å². The number of ether oxygens (including phenoxy) is 1. The van der Waals surface area contributed by atoms with Crippen molar-refractivity contribution in [3.05, 3.63) is 64.0 Å². The van der Waals surface area contributed by atoms with Gasteiger partial charge in [-0.05, 0) is 42.2 Å². The summed E-state index contributed by atoms with van der Waals surface area (Å²) in [6.07, 6.45) is 5.16. The molecule has 158 valence electrons. The molecule has 2 aliphatic rings. The number of hydrogen-bond acceptors (Lipinski definition) is 7. The highest BCUT2D eigenvalue weighted by Crippen LogP contribution is 2.39. The molecule has 0 spiro atoms. The second kappa shape index (κ2) is 9.42. The first-order valence-corrected chi connectivity index (χ1v) is 10.9. The predicted molar refractivity (Wildman–Crippen MR) is 113 cm³/mol. The Morgan fingerprint density at radius 2 is 2.07 bits per heavy atom. The fraction of sp³-hybridized carbons (Fsp3) is 0.364. The number of thiophene rings is 1. The van der Waals surface area contributed by atoms with Gasteiger partial charge in [0.1, 0.15) is 5.76 Å². The number of carbonyl (C=O) groups is 2. The number of furan rings is 1. The maximum atomic E-state index is 12.9. The molecule has 0 radical (unpaired) electrons. The zero-order valence-corrected chi connectivity index (χ0v) is 17.3. The molecule has 1 amide bonds. The third-order valence-electron chi connectivity index (χ3n) is 5.30. The third-order valence-corrected chi connectivity index (χ3v) is 6.23. The van der Waals surface area contributed by atoms with Gasteiger partial charge >= 0.3 is 0 Å². The summed E-state index contributed by atoms with van der Waals surface area (Å²) in [5.74, 6) is -0.826. The number of ketones is 1. The van der Waals surface area contributed by atoms with Gasteiger partial charge < -0.3 is 19.2 Å².